The third-order valence-corrected chi connectivity index (χ3v) is 3.21. The molecule has 98 valence electrons. The van der Waals surface area contributed by atoms with Gasteiger partial charge in [-0.25, -0.2) is 4.98 Å². The number of hydrogen-bond donors (Lipinski definition) is 0. The van der Waals surface area contributed by atoms with Crippen molar-refractivity contribution in [3.63, 3.8) is 0 Å². The minimum absolute atomic E-state index is 0.0347. The van der Waals surface area contributed by atoms with E-state index in [4.69, 9.17) is 0 Å². The van der Waals surface area contributed by atoms with Crippen molar-refractivity contribution in [1.82, 2.24) is 24.1 Å². The molecule has 0 spiro atoms. The van der Waals surface area contributed by atoms with Crippen molar-refractivity contribution in [2.45, 2.75) is 33.7 Å². The molecule has 19 heavy (non-hydrogen) atoms. The topological polar surface area (TPSA) is 65.1 Å². The van der Waals surface area contributed by atoms with Crippen molar-refractivity contribution in [2.24, 2.45) is 0 Å². The predicted octanol–water partition coefficient (Wildman–Crippen LogP) is 1.64. The molecule has 0 radical (unpaired) electrons. The molecule has 3 heterocycles. The minimum atomic E-state index is -0.0347. The fourth-order valence-electron chi connectivity index (χ4n) is 2.31. The quantitative estimate of drug-likeness (QED) is 0.664. The molecule has 0 atom stereocenters. The van der Waals surface area contributed by atoms with Crippen LogP contribution in [0, 0.1) is 13.8 Å². The highest BCUT2D eigenvalue weighted by atomic mass is 16.1. The van der Waals surface area contributed by atoms with Crippen LogP contribution in [0.2, 0.25) is 0 Å². The summed E-state index contributed by atoms with van der Waals surface area (Å²) in [5.41, 5.74) is 1.41. The number of hydrogen-bond acceptors (Lipinski definition) is 4. The number of aryl methyl sites for hydroxylation is 2. The Kier molecular flexibility index (Phi) is 2.41. The zero-order valence-corrected chi connectivity index (χ0v) is 11.4. The number of rotatable bonds is 1. The van der Waals surface area contributed by atoms with Crippen LogP contribution in [0.25, 0.3) is 16.7 Å². The molecule has 3 aromatic heterocycles. The molecule has 0 fully saturated rings. The van der Waals surface area contributed by atoms with Crippen LogP contribution < -0.4 is 5.56 Å². The van der Waals surface area contributed by atoms with E-state index in [9.17, 15) is 4.79 Å². The van der Waals surface area contributed by atoms with Crippen LogP contribution in [-0.4, -0.2) is 24.1 Å². The van der Waals surface area contributed by atoms with Crippen molar-refractivity contribution in [3.8, 4) is 0 Å². The monoisotopic (exact) mass is 257 g/mol. The lowest BCUT2D eigenvalue weighted by atomic mass is 10.2. The van der Waals surface area contributed by atoms with Crippen molar-refractivity contribution in [1.29, 1.82) is 0 Å². The lowest BCUT2D eigenvalue weighted by Gasteiger charge is -2.11. The van der Waals surface area contributed by atoms with Gasteiger partial charge in [0, 0.05) is 12.2 Å². The zero-order valence-electron chi connectivity index (χ0n) is 11.4. The van der Waals surface area contributed by atoms with Gasteiger partial charge in [0.2, 0.25) is 0 Å². The van der Waals surface area contributed by atoms with Crippen LogP contribution in [0.5, 0.6) is 0 Å². The van der Waals surface area contributed by atoms with Gasteiger partial charge in [0.05, 0.1) is 16.6 Å². The normalized spacial score (nSPS) is 11.8. The molecule has 0 N–H and O–H groups in total. The van der Waals surface area contributed by atoms with Gasteiger partial charge in [-0.1, -0.05) is 0 Å². The SMILES string of the molecule is Cc1nc2nc(C)c3c(=O)n(C(C)C)ccc3n2n1. The molecule has 6 nitrogen and oxygen atoms in total. The lowest BCUT2D eigenvalue weighted by molar-refractivity contribution is 0.582. The molecule has 0 aliphatic rings. The van der Waals surface area contributed by atoms with Gasteiger partial charge in [-0.2, -0.15) is 9.50 Å². The molecular weight excluding hydrogens is 242 g/mol. The minimum Gasteiger partial charge on any atom is -0.312 e. The summed E-state index contributed by atoms with van der Waals surface area (Å²) in [6.07, 6.45) is 1.80. The highest BCUT2D eigenvalue weighted by molar-refractivity contribution is 5.81. The summed E-state index contributed by atoms with van der Waals surface area (Å²) in [5.74, 6) is 1.18. The van der Waals surface area contributed by atoms with E-state index in [1.54, 1.807) is 15.3 Å². The number of nitrogens with zero attached hydrogens (tertiary/aromatic N) is 5. The summed E-state index contributed by atoms with van der Waals surface area (Å²) in [4.78, 5) is 21.1. The summed E-state index contributed by atoms with van der Waals surface area (Å²) in [6, 6.07) is 2.01. The molecule has 0 unspecified atom stereocenters. The van der Waals surface area contributed by atoms with E-state index in [0.717, 1.165) is 5.52 Å². The Morgan fingerprint density at radius 1 is 1.21 bits per heavy atom. The van der Waals surface area contributed by atoms with Crippen LogP contribution in [-0.2, 0) is 0 Å². The highest BCUT2D eigenvalue weighted by Crippen LogP contribution is 2.15. The summed E-state index contributed by atoms with van der Waals surface area (Å²) in [7, 11) is 0. The van der Waals surface area contributed by atoms with Crippen LogP contribution in [0.3, 0.4) is 0 Å². The maximum absolute atomic E-state index is 12.5. The largest absolute Gasteiger partial charge is 0.312 e. The first kappa shape index (κ1) is 11.8. The van der Waals surface area contributed by atoms with Gasteiger partial charge >= 0.3 is 0 Å². The molecule has 0 amide bonds. The van der Waals surface area contributed by atoms with Crippen LogP contribution in [0.15, 0.2) is 17.1 Å². The fourth-order valence-corrected chi connectivity index (χ4v) is 2.31. The molecule has 6 heteroatoms. The first-order valence-electron chi connectivity index (χ1n) is 6.24. The predicted molar refractivity (Wildman–Crippen MR) is 72.4 cm³/mol. The average molecular weight is 257 g/mol. The van der Waals surface area contributed by atoms with E-state index >= 15 is 0 Å². The van der Waals surface area contributed by atoms with Gasteiger partial charge in [-0.3, -0.25) is 4.79 Å². The first-order valence-corrected chi connectivity index (χ1v) is 6.24. The Bertz CT molecular complexity index is 843. The Morgan fingerprint density at radius 2 is 1.95 bits per heavy atom. The van der Waals surface area contributed by atoms with Crippen molar-refractivity contribution in [3.05, 3.63) is 34.1 Å². The molecular formula is C13H15N5O. The Hall–Kier alpha value is -2.24. The zero-order chi connectivity index (χ0) is 13.7. The smallest absolute Gasteiger partial charge is 0.262 e. The number of pyridine rings is 1. The Balaban J connectivity index is 2.54. The number of aromatic nitrogens is 5. The highest BCUT2D eigenvalue weighted by Gasteiger charge is 2.14. The van der Waals surface area contributed by atoms with E-state index in [1.807, 2.05) is 33.8 Å². The number of fused-ring (bicyclic) bond motifs is 3. The van der Waals surface area contributed by atoms with Gasteiger partial charge in [0.25, 0.3) is 11.3 Å². The summed E-state index contributed by atoms with van der Waals surface area (Å²) >= 11 is 0. The van der Waals surface area contributed by atoms with Gasteiger partial charge < -0.3 is 4.57 Å². The second kappa shape index (κ2) is 3.88. The molecule has 0 bridgehead atoms. The second-order valence-electron chi connectivity index (χ2n) is 4.95. The third-order valence-electron chi connectivity index (χ3n) is 3.21. The molecule has 0 aliphatic heterocycles. The van der Waals surface area contributed by atoms with E-state index in [1.165, 1.54) is 0 Å². The Morgan fingerprint density at radius 3 is 2.63 bits per heavy atom. The van der Waals surface area contributed by atoms with E-state index in [0.29, 0.717) is 22.7 Å². The Labute approximate surface area is 109 Å². The summed E-state index contributed by atoms with van der Waals surface area (Å²) in [6.45, 7) is 7.60. The van der Waals surface area contributed by atoms with Crippen molar-refractivity contribution >= 4 is 16.7 Å². The standard InChI is InChI=1S/C13H15N5O/c1-7(2)17-6-5-10-11(12(17)19)8(3)14-13-15-9(4)16-18(10)13/h5-7H,1-4H3. The molecule has 0 aliphatic carbocycles. The van der Waals surface area contributed by atoms with Crippen molar-refractivity contribution in [2.75, 3.05) is 0 Å². The molecule has 0 aromatic carbocycles. The van der Waals surface area contributed by atoms with Crippen molar-refractivity contribution < 1.29 is 0 Å². The first-order chi connectivity index (χ1) is 8.99. The average Bonchev–Trinajstić information content (AvgIpc) is 2.69. The molecule has 0 saturated heterocycles. The van der Waals surface area contributed by atoms with Crippen LogP contribution in [0.4, 0.5) is 0 Å². The third kappa shape index (κ3) is 1.63. The van der Waals surface area contributed by atoms with Crippen LogP contribution in [0.1, 0.15) is 31.4 Å². The van der Waals surface area contributed by atoms with E-state index in [-0.39, 0.29) is 11.6 Å². The van der Waals surface area contributed by atoms with E-state index in [2.05, 4.69) is 15.1 Å². The van der Waals surface area contributed by atoms with Gasteiger partial charge in [-0.05, 0) is 33.8 Å². The fraction of sp³-hybridized carbons (Fsp3) is 0.385. The summed E-state index contributed by atoms with van der Waals surface area (Å²) in [5, 5.41) is 4.90. The van der Waals surface area contributed by atoms with Crippen LogP contribution >= 0.6 is 0 Å². The molecule has 3 rings (SSSR count). The molecule has 3 aromatic rings. The molecule has 0 saturated carbocycles. The lowest BCUT2D eigenvalue weighted by Crippen LogP contribution is -2.23. The van der Waals surface area contributed by atoms with E-state index < -0.39 is 0 Å². The summed E-state index contributed by atoms with van der Waals surface area (Å²) < 4.78 is 3.33. The van der Waals surface area contributed by atoms with Gasteiger partial charge in [-0.15, -0.1) is 5.10 Å². The maximum Gasteiger partial charge on any atom is 0.262 e. The maximum atomic E-state index is 12.5. The van der Waals surface area contributed by atoms with Gasteiger partial charge in [0.1, 0.15) is 5.82 Å². The second-order valence-corrected chi connectivity index (χ2v) is 4.95. The van der Waals surface area contributed by atoms with Gasteiger partial charge in [0.15, 0.2) is 0 Å².